The monoisotopic (exact) mass is 504 g/mol. The number of fused-ring (bicyclic) bond motifs is 1. The van der Waals surface area contributed by atoms with Gasteiger partial charge in [0, 0.05) is 39.9 Å². The summed E-state index contributed by atoms with van der Waals surface area (Å²) < 4.78 is 1.71. The molecule has 1 aliphatic rings. The van der Waals surface area contributed by atoms with E-state index in [-0.39, 0.29) is 29.9 Å². The van der Waals surface area contributed by atoms with Crippen LogP contribution < -0.4 is 10.2 Å². The summed E-state index contributed by atoms with van der Waals surface area (Å²) in [4.78, 5) is 20.8. The van der Waals surface area contributed by atoms with Crippen LogP contribution in [-0.2, 0) is 18.4 Å². The first-order valence-corrected chi connectivity index (χ1v) is 9.36. The van der Waals surface area contributed by atoms with Crippen molar-refractivity contribution < 1.29 is 4.79 Å². The zero-order chi connectivity index (χ0) is 19.5. The molecule has 0 radical (unpaired) electrons. The number of nitrogens with zero attached hydrogens (tertiary/aromatic N) is 5. The van der Waals surface area contributed by atoms with Crippen LogP contribution in [0, 0.1) is 0 Å². The zero-order valence-electron chi connectivity index (χ0n) is 16.6. The van der Waals surface area contributed by atoms with Gasteiger partial charge < -0.3 is 15.1 Å². The highest BCUT2D eigenvalue weighted by Crippen LogP contribution is 2.17. The minimum Gasteiger partial charge on any atom is -0.352 e. The fraction of sp³-hybridized carbons (Fsp3) is 0.286. The van der Waals surface area contributed by atoms with Gasteiger partial charge in [-0.15, -0.1) is 24.0 Å². The summed E-state index contributed by atoms with van der Waals surface area (Å²) in [5, 5.41) is 9.99. The number of anilines is 1. The number of aryl methyl sites for hydroxylation is 1. The van der Waals surface area contributed by atoms with Crippen molar-refractivity contribution >= 4 is 52.3 Å². The van der Waals surface area contributed by atoms with Gasteiger partial charge in [-0.1, -0.05) is 36.4 Å². The van der Waals surface area contributed by atoms with E-state index in [1.807, 2.05) is 30.3 Å². The van der Waals surface area contributed by atoms with Gasteiger partial charge in [-0.2, -0.15) is 5.10 Å². The third-order valence-electron chi connectivity index (χ3n) is 5.00. The third-order valence-corrected chi connectivity index (χ3v) is 5.00. The lowest BCUT2D eigenvalue weighted by molar-refractivity contribution is -0.120. The molecule has 2 heterocycles. The van der Waals surface area contributed by atoms with Crippen molar-refractivity contribution in [2.24, 2.45) is 12.0 Å². The number of halogens is 1. The maximum atomic E-state index is 12.6. The molecule has 0 saturated carbocycles. The van der Waals surface area contributed by atoms with Gasteiger partial charge in [0.25, 0.3) is 0 Å². The predicted octanol–water partition coefficient (Wildman–Crippen LogP) is 2.62. The van der Waals surface area contributed by atoms with Crippen LogP contribution in [0.3, 0.4) is 0 Å². The summed E-state index contributed by atoms with van der Waals surface area (Å²) >= 11 is 0. The molecule has 0 atom stereocenters. The van der Waals surface area contributed by atoms with Gasteiger partial charge in [0.05, 0.1) is 11.9 Å². The number of benzene rings is 2. The molecule has 152 valence electrons. The lowest BCUT2D eigenvalue weighted by atomic mass is 10.1. The van der Waals surface area contributed by atoms with Crippen molar-refractivity contribution in [3.8, 4) is 0 Å². The molecule has 1 N–H and O–H groups in total. The summed E-state index contributed by atoms with van der Waals surface area (Å²) in [5.41, 5.74) is 2.02. The van der Waals surface area contributed by atoms with E-state index >= 15 is 0 Å². The highest BCUT2D eigenvalue weighted by molar-refractivity contribution is 14.0. The number of guanidine groups is 1. The summed E-state index contributed by atoms with van der Waals surface area (Å²) in [5.74, 6) is 0.792. The van der Waals surface area contributed by atoms with Gasteiger partial charge in [0.15, 0.2) is 5.96 Å². The number of hydrogen-bond acceptors (Lipinski definition) is 3. The fourth-order valence-electron chi connectivity index (χ4n) is 3.54. The van der Waals surface area contributed by atoms with Gasteiger partial charge in [-0.25, -0.2) is 0 Å². The van der Waals surface area contributed by atoms with Gasteiger partial charge in [0.2, 0.25) is 5.91 Å². The number of nitrogens with one attached hydrogen (secondary N) is 1. The number of piperazine rings is 1. The van der Waals surface area contributed by atoms with E-state index < -0.39 is 0 Å². The average molecular weight is 504 g/mol. The molecule has 0 unspecified atom stereocenters. The molecular formula is C21H25IN6O. The lowest BCUT2D eigenvalue weighted by Gasteiger charge is -2.35. The van der Waals surface area contributed by atoms with E-state index in [1.54, 1.807) is 22.8 Å². The Kier molecular flexibility index (Phi) is 6.73. The number of aliphatic imine (C=N–C) groups is 1. The lowest BCUT2D eigenvalue weighted by Crippen LogP contribution is -2.55. The van der Waals surface area contributed by atoms with E-state index in [2.05, 4.69) is 45.7 Å². The van der Waals surface area contributed by atoms with Gasteiger partial charge in [-0.3, -0.25) is 14.5 Å². The van der Waals surface area contributed by atoms with Crippen LogP contribution in [-0.4, -0.2) is 53.2 Å². The van der Waals surface area contributed by atoms with Crippen LogP contribution in [0.4, 0.5) is 5.69 Å². The second-order valence-corrected chi connectivity index (χ2v) is 6.92. The van der Waals surface area contributed by atoms with Crippen molar-refractivity contribution in [1.29, 1.82) is 0 Å². The predicted molar refractivity (Wildman–Crippen MR) is 127 cm³/mol. The molecule has 0 spiro atoms. The summed E-state index contributed by atoms with van der Waals surface area (Å²) in [6.07, 6.45) is 3.58. The van der Waals surface area contributed by atoms with Crippen LogP contribution in [0.2, 0.25) is 0 Å². The number of aromatic nitrogens is 2. The Hall–Kier alpha value is -2.62. The minimum absolute atomic E-state index is 0. The molecule has 7 nitrogen and oxygen atoms in total. The molecule has 1 amide bonds. The number of hydrogen-bond donors (Lipinski definition) is 1. The van der Waals surface area contributed by atoms with Crippen LogP contribution in [0.25, 0.3) is 10.8 Å². The zero-order valence-corrected chi connectivity index (χ0v) is 18.9. The molecule has 1 aromatic heterocycles. The molecule has 3 aromatic rings. The van der Waals surface area contributed by atoms with Crippen molar-refractivity contribution in [3.05, 3.63) is 60.4 Å². The molecule has 1 fully saturated rings. The van der Waals surface area contributed by atoms with Gasteiger partial charge in [-0.05, 0) is 22.4 Å². The van der Waals surface area contributed by atoms with Crippen LogP contribution in [0.1, 0.15) is 5.56 Å². The normalized spacial score (nSPS) is 14.8. The Morgan fingerprint density at radius 2 is 1.97 bits per heavy atom. The van der Waals surface area contributed by atoms with E-state index in [4.69, 9.17) is 0 Å². The van der Waals surface area contributed by atoms with Crippen molar-refractivity contribution in [3.63, 3.8) is 0 Å². The third kappa shape index (κ3) is 4.69. The van der Waals surface area contributed by atoms with Gasteiger partial charge >= 0.3 is 0 Å². The molecular weight excluding hydrogens is 479 g/mol. The first-order chi connectivity index (χ1) is 13.6. The molecule has 8 heteroatoms. The Balaban J connectivity index is 0.00000240. The number of carbonyl (C=O) groups excluding carboxylic acids is 1. The van der Waals surface area contributed by atoms with E-state index in [0.29, 0.717) is 19.6 Å². The summed E-state index contributed by atoms with van der Waals surface area (Å²) in [7, 11) is 3.60. The summed E-state index contributed by atoms with van der Waals surface area (Å²) in [6, 6.07) is 14.7. The average Bonchev–Trinajstić information content (AvgIpc) is 3.14. The number of carbonyl (C=O) groups is 1. The molecule has 1 saturated heterocycles. The van der Waals surface area contributed by atoms with E-state index in [0.717, 1.165) is 18.2 Å². The molecule has 1 aliphatic heterocycles. The van der Waals surface area contributed by atoms with Gasteiger partial charge in [0.1, 0.15) is 6.54 Å². The maximum absolute atomic E-state index is 12.6. The Bertz CT molecular complexity index is 1030. The van der Waals surface area contributed by atoms with Crippen molar-refractivity contribution in [1.82, 2.24) is 20.0 Å². The molecule has 4 rings (SSSR count). The largest absolute Gasteiger partial charge is 0.352 e. The minimum atomic E-state index is 0. The highest BCUT2D eigenvalue weighted by Gasteiger charge is 2.27. The second kappa shape index (κ2) is 9.25. The smallest absolute Gasteiger partial charge is 0.246 e. The van der Waals surface area contributed by atoms with E-state index in [1.165, 1.54) is 16.3 Å². The highest BCUT2D eigenvalue weighted by atomic mass is 127. The quantitative estimate of drug-likeness (QED) is 0.339. The number of rotatable bonds is 3. The van der Waals surface area contributed by atoms with Crippen LogP contribution in [0.5, 0.6) is 0 Å². The van der Waals surface area contributed by atoms with Crippen molar-refractivity contribution in [2.45, 2.75) is 6.54 Å². The molecule has 0 aliphatic carbocycles. The Morgan fingerprint density at radius 3 is 2.66 bits per heavy atom. The Labute approximate surface area is 187 Å². The first kappa shape index (κ1) is 21.1. The topological polar surface area (TPSA) is 65.8 Å². The van der Waals surface area contributed by atoms with Crippen LogP contribution in [0.15, 0.2) is 59.9 Å². The molecule has 2 aromatic carbocycles. The maximum Gasteiger partial charge on any atom is 0.246 e. The number of amides is 1. The first-order valence-electron chi connectivity index (χ1n) is 9.36. The van der Waals surface area contributed by atoms with Crippen molar-refractivity contribution in [2.75, 3.05) is 31.6 Å². The fourth-order valence-corrected chi connectivity index (χ4v) is 3.54. The van der Waals surface area contributed by atoms with Crippen LogP contribution >= 0.6 is 24.0 Å². The SMILES string of the molecule is CN=C(NCc1ccc2ccccc2c1)N1CCN(c2cnn(C)c2)C(=O)C1.I. The Morgan fingerprint density at radius 1 is 1.17 bits per heavy atom. The molecule has 29 heavy (non-hydrogen) atoms. The molecule has 0 bridgehead atoms. The standard InChI is InChI=1S/C21H24N6O.HI/c1-22-21(23-12-16-7-8-17-5-3-4-6-18(17)11-16)26-9-10-27(20(28)15-26)19-13-24-25(2)14-19;/h3-8,11,13-14H,9-10,12,15H2,1-2H3,(H,22,23);1H. The summed E-state index contributed by atoms with van der Waals surface area (Å²) in [6.45, 7) is 2.29. The van der Waals surface area contributed by atoms with E-state index in [9.17, 15) is 4.79 Å². The second-order valence-electron chi connectivity index (χ2n) is 6.92.